The number of nitrogens with two attached hydrogens (primary N) is 1. The predicted molar refractivity (Wildman–Crippen MR) is 70.8 cm³/mol. The van der Waals surface area contributed by atoms with Crippen molar-refractivity contribution in [2.24, 2.45) is 5.73 Å². The number of hydrogen-bond acceptors (Lipinski definition) is 3. The number of nitrogens with zero attached hydrogens (tertiary/aromatic N) is 1. The first-order chi connectivity index (χ1) is 8.25. The van der Waals surface area contributed by atoms with Crippen LogP contribution in [0.1, 0.15) is 12.8 Å². The van der Waals surface area contributed by atoms with Crippen LogP contribution >= 0.6 is 11.8 Å². The normalized spacial score (nSPS) is 21.6. The Kier molecular flexibility index (Phi) is 4.83. The van der Waals surface area contributed by atoms with Crippen molar-refractivity contribution < 1.29 is 4.39 Å². The molecule has 0 radical (unpaired) electrons. The van der Waals surface area contributed by atoms with Gasteiger partial charge in [-0.3, -0.25) is 0 Å². The summed E-state index contributed by atoms with van der Waals surface area (Å²) in [6, 6.07) is 7.27. The van der Waals surface area contributed by atoms with Gasteiger partial charge in [0.05, 0.1) is 0 Å². The standard InChI is InChI=1S/C13H19FN2S/c14-12-5-1-2-6-13(12)17-9-8-16-7-3-4-11(15)10-16/h1-2,5-6,11H,3-4,7-10,15H2. The van der Waals surface area contributed by atoms with Gasteiger partial charge >= 0.3 is 0 Å². The number of halogens is 1. The molecule has 2 rings (SSSR count). The van der Waals surface area contributed by atoms with Crippen LogP contribution in [-0.2, 0) is 0 Å². The summed E-state index contributed by atoms with van der Waals surface area (Å²) >= 11 is 1.58. The Hall–Kier alpha value is -0.580. The van der Waals surface area contributed by atoms with Gasteiger partial charge in [-0.1, -0.05) is 12.1 Å². The molecular weight excluding hydrogens is 235 g/mol. The SMILES string of the molecule is NC1CCCN(CCSc2ccccc2F)C1. The van der Waals surface area contributed by atoms with Crippen molar-refractivity contribution in [3.8, 4) is 0 Å². The van der Waals surface area contributed by atoms with Crippen molar-refractivity contribution >= 4 is 11.8 Å². The van der Waals surface area contributed by atoms with Gasteiger partial charge in [0.2, 0.25) is 0 Å². The third kappa shape index (κ3) is 3.98. The summed E-state index contributed by atoms with van der Waals surface area (Å²) in [7, 11) is 0. The first kappa shape index (κ1) is 12.9. The Morgan fingerprint density at radius 2 is 2.24 bits per heavy atom. The summed E-state index contributed by atoms with van der Waals surface area (Å²) in [5.74, 6) is 0.807. The van der Waals surface area contributed by atoms with Crippen LogP contribution in [0.2, 0.25) is 0 Å². The average molecular weight is 254 g/mol. The van der Waals surface area contributed by atoms with Crippen LogP contribution < -0.4 is 5.73 Å². The molecule has 17 heavy (non-hydrogen) atoms. The Balaban J connectivity index is 1.74. The van der Waals surface area contributed by atoms with Crippen LogP contribution in [0.3, 0.4) is 0 Å². The number of piperidine rings is 1. The molecule has 1 fully saturated rings. The molecule has 0 aliphatic carbocycles. The average Bonchev–Trinajstić information content (AvgIpc) is 2.32. The summed E-state index contributed by atoms with van der Waals surface area (Å²) in [5, 5.41) is 0. The molecule has 94 valence electrons. The van der Waals surface area contributed by atoms with Gasteiger partial charge in [-0.15, -0.1) is 11.8 Å². The Labute approximate surface area is 106 Å². The second-order valence-corrected chi connectivity index (χ2v) is 5.62. The zero-order chi connectivity index (χ0) is 12.1. The molecule has 1 aliphatic heterocycles. The van der Waals surface area contributed by atoms with Crippen LogP contribution in [0, 0.1) is 5.82 Å². The Morgan fingerprint density at radius 1 is 1.41 bits per heavy atom. The van der Waals surface area contributed by atoms with E-state index in [1.807, 2.05) is 12.1 Å². The molecule has 4 heteroatoms. The van der Waals surface area contributed by atoms with Crippen LogP contribution in [0.15, 0.2) is 29.2 Å². The van der Waals surface area contributed by atoms with Crippen LogP contribution in [-0.4, -0.2) is 36.3 Å². The van der Waals surface area contributed by atoms with E-state index in [9.17, 15) is 4.39 Å². The molecule has 0 spiro atoms. The number of likely N-dealkylation sites (tertiary alicyclic amines) is 1. The highest BCUT2D eigenvalue weighted by atomic mass is 32.2. The van der Waals surface area contributed by atoms with Gasteiger partial charge in [0, 0.05) is 29.8 Å². The number of rotatable bonds is 4. The molecule has 1 unspecified atom stereocenters. The minimum absolute atomic E-state index is 0.118. The largest absolute Gasteiger partial charge is 0.327 e. The predicted octanol–water partition coefficient (Wildman–Crippen LogP) is 2.34. The third-order valence-electron chi connectivity index (χ3n) is 3.04. The summed E-state index contributed by atoms with van der Waals surface area (Å²) in [6.07, 6.45) is 2.32. The van der Waals surface area contributed by atoms with E-state index in [-0.39, 0.29) is 5.82 Å². The van der Waals surface area contributed by atoms with Crippen molar-refractivity contribution in [1.82, 2.24) is 4.90 Å². The van der Waals surface area contributed by atoms with Crippen LogP contribution in [0.4, 0.5) is 4.39 Å². The van der Waals surface area contributed by atoms with E-state index in [0.29, 0.717) is 6.04 Å². The Morgan fingerprint density at radius 3 is 3.00 bits per heavy atom. The fraction of sp³-hybridized carbons (Fsp3) is 0.538. The van der Waals surface area contributed by atoms with Gasteiger partial charge in [-0.05, 0) is 31.5 Å². The van der Waals surface area contributed by atoms with Gasteiger partial charge in [-0.2, -0.15) is 0 Å². The Bertz CT molecular complexity index is 359. The summed E-state index contributed by atoms with van der Waals surface area (Å²) < 4.78 is 13.4. The van der Waals surface area contributed by atoms with E-state index in [4.69, 9.17) is 5.73 Å². The molecule has 1 saturated heterocycles. The highest BCUT2D eigenvalue weighted by Gasteiger charge is 2.15. The van der Waals surface area contributed by atoms with E-state index >= 15 is 0 Å². The lowest BCUT2D eigenvalue weighted by molar-refractivity contribution is 0.221. The molecule has 0 aromatic heterocycles. The maximum absolute atomic E-state index is 13.4. The molecule has 0 bridgehead atoms. The van der Waals surface area contributed by atoms with E-state index in [1.165, 1.54) is 12.5 Å². The third-order valence-corrected chi connectivity index (χ3v) is 4.07. The van der Waals surface area contributed by atoms with E-state index in [0.717, 1.165) is 36.7 Å². The smallest absolute Gasteiger partial charge is 0.136 e. The molecule has 2 N–H and O–H groups in total. The second kappa shape index (κ2) is 6.38. The highest BCUT2D eigenvalue weighted by molar-refractivity contribution is 7.99. The number of benzene rings is 1. The molecule has 1 heterocycles. The molecule has 1 atom stereocenters. The molecule has 1 aromatic rings. The van der Waals surface area contributed by atoms with Gasteiger partial charge in [0.15, 0.2) is 0 Å². The summed E-state index contributed by atoms with van der Waals surface area (Å²) in [4.78, 5) is 3.12. The topological polar surface area (TPSA) is 29.3 Å². The van der Waals surface area contributed by atoms with E-state index < -0.39 is 0 Å². The molecule has 2 nitrogen and oxygen atoms in total. The van der Waals surface area contributed by atoms with Crippen molar-refractivity contribution in [3.63, 3.8) is 0 Å². The lowest BCUT2D eigenvalue weighted by Crippen LogP contribution is -2.43. The van der Waals surface area contributed by atoms with E-state index in [1.54, 1.807) is 17.8 Å². The van der Waals surface area contributed by atoms with Crippen molar-refractivity contribution in [2.75, 3.05) is 25.4 Å². The molecule has 0 amide bonds. The van der Waals surface area contributed by atoms with Crippen molar-refractivity contribution in [1.29, 1.82) is 0 Å². The monoisotopic (exact) mass is 254 g/mol. The lowest BCUT2D eigenvalue weighted by Gasteiger charge is -2.30. The second-order valence-electron chi connectivity index (χ2n) is 4.48. The van der Waals surface area contributed by atoms with Gasteiger partial charge < -0.3 is 10.6 Å². The molecule has 0 saturated carbocycles. The van der Waals surface area contributed by atoms with Gasteiger partial charge in [-0.25, -0.2) is 4.39 Å². The fourth-order valence-electron chi connectivity index (χ4n) is 2.14. The van der Waals surface area contributed by atoms with E-state index in [2.05, 4.69) is 4.90 Å². The summed E-state index contributed by atoms with van der Waals surface area (Å²) in [5.41, 5.74) is 5.92. The fourth-order valence-corrected chi connectivity index (χ4v) is 3.09. The van der Waals surface area contributed by atoms with Crippen molar-refractivity contribution in [2.45, 2.75) is 23.8 Å². The first-order valence-corrected chi connectivity index (χ1v) is 7.09. The minimum atomic E-state index is -0.118. The lowest BCUT2D eigenvalue weighted by atomic mass is 10.1. The minimum Gasteiger partial charge on any atom is -0.327 e. The summed E-state index contributed by atoms with van der Waals surface area (Å²) in [6.45, 7) is 3.11. The highest BCUT2D eigenvalue weighted by Crippen LogP contribution is 2.21. The zero-order valence-electron chi connectivity index (χ0n) is 9.94. The first-order valence-electron chi connectivity index (χ1n) is 6.11. The molecular formula is C13H19FN2S. The van der Waals surface area contributed by atoms with Crippen LogP contribution in [0.25, 0.3) is 0 Å². The van der Waals surface area contributed by atoms with Gasteiger partial charge in [0.1, 0.15) is 5.82 Å². The molecule has 1 aromatic carbocycles. The number of hydrogen-bond donors (Lipinski definition) is 1. The van der Waals surface area contributed by atoms with Crippen LogP contribution in [0.5, 0.6) is 0 Å². The maximum Gasteiger partial charge on any atom is 0.136 e. The zero-order valence-corrected chi connectivity index (χ0v) is 10.8. The van der Waals surface area contributed by atoms with Crippen molar-refractivity contribution in [3.05, 3.63) is 30.1 Å². The van der Waals surface area contributed by atoms with Gasteiger partial charge in [0.25, 0.3) is 0 Å². The molecule has 1 aliphatic rings. The maximum atomic E-state index is 13.4. The number of thioether (sulfide) groups is 1. The quantitative estimate of drug-likeness (QED) is 0.836.